The number of nitrogens with two attached hydrogens (primary N) is 1. The number of rotatable bonds is 6. The standard InChI is InChI=1S/C22H20N2O5/c1-13(2)28-21(26)17(25)12-16(14-8-4-3-5-9-14)24-20-15-10-6-7-11-18(15)29-22(27)19(20)23/h3-13,24H,23H2,1-2H3. The zero-order valence-electron chi connectivity index (χ0n) is 16.0. The van der Waals surface area contributed by atoms with Gasteiger partial charge in [0.25, 0.3) is 5.78 Å². The van der Waals surface area contributed by atoms with Gasteiger partial charge >= 0.3 is 11.6 Å². The van der Waals surface area contributed by atoms with Gasteiger partial charge in [-0.1, -0.05) is 42.5 Å². The largest absolute Gasteiger partial charge is 0.457 e. The number of hydrogen-bond donors (Lipinski definition) is 2. The third-order valence-corrected chi connectivity index (χ3v) is 4.01. The fourth-order valence-corrected chi connectivity index (χ4v) is 2.70. The fourth-order valence-electron chi connectivity index (χ4n) is 2.70. The molecule has 0 unspecified atom stereocenters. The van der Waals surface area contributed by atoms with Crippen molar-refractivity contribution in [2.45, 2.75) is 20.0 Å². The second kappa shape index (κ2) is 8.43. The van der Waals surface area contributed by atoms with E-state index >= 15 is 0 Å². The minimum atomic E-state index is -0.972. The number of hydrogen-bond acceptors (Lipinski definition) is 7. The van der Waals surface area contributed by atoms with Crippen LogP contribution in [-0.2, 0) is 14.3 Å². The molecule has 0 aliphatic carbocycles. The van der Waals surface area contributed by atoms with Crippen molar-refractivity contribution in [2.75, 3.05) is 11.1 Å². The summed E-state index contributed by atoms with van der Waals surface area (Å²) in [5.74, 6) is -1.81. The molecule has 1 aromatic heterocycles. The number of benzene rings is 2. The van der Waals surface area contributed by atoms with E-state index in [4.69, 9.17) is 14.9 Å². The Hall–Kier alpha value is -3.87. The van der Waals surface area contributed by atoms with Gasteiger partial charge in [-0.25, -0.2) is 9.59 Å². The van der Waals surface area contributed by atoms with Crippen LogP contribution < -0.4 is 16.7 Å². The van der Waals surface area contributed by atoms with Gasteiger partial charge in [0, 0.05) is 11.5 Å². The van der Waals surface area contributed by atoms with Gasteiger partial charge in [-0.05, 0) is 31.5 Å². The highest BCUT2D eigenvalue weighted by atomic mass is 16.5. The van der Waals surface area contributed by atoms with E-state index in [0.29, 0.717) is 22.2 Å². The van der Waals surface area contributed by atoms with Crippen LogP contribution in [0.3, 0.4) is 0 Å². The van der Waals surface area contributed by atoms with Crippen molar-refractivity contribution < 1.29 is 18.7 Å². The molecule has 7 heteroatoms. The van der Waals surface area contributed by atoms with Crippen molar-refractivity contribution in [2.24, 2.45) is 0 Å². The molecule has 29 heavy (non-hydrogen) atoms. The summed E-state index contributed by atoms with van der Waals surface area (Å²) in [7, 11) is 0. The van der Waals surface area contributed by atoms with Gasteiger partial charge < -0.3 is 20.2 Å². The zero-order chi connectivity index (χ0) is 21.0. The SMILES string of the molecule is CC(C)OC(=O)C(=O)C=C(Nc1c(N)c(=O)oc2ccccc12)c1ccccc1. The number of anilines is 2. The lowest BCUT2D eigenvalue weighted by atomic mass is 10.1. The van der Waals surface area contributed by atoms with Crippen molar-refractivity contribution in [3.05, 3.63) is 76.7 Å². The van der Waals surface area contributed by atoms with Crippen LogP contribution in [0.1, 0.15) is 19.4 Å². The van der Waals surface area contributed by atoms with Crippen LogP contribution in [0.15, 0.2) is 69.9 Å². The highest BCUT2D eigenvalue weighted by molar-refractivity contribution is 6.39. The molecule has 3 aromatic rings. The van der Waals surface area contributed by atoms with E-state index in [2.05, 4.69) is 5.32 Å². The number of para-hydroxylation sites is 1. The third kappa shape index (κ3) is 4.52. The molecule has 1 heterocycles. The molecule has 0 spiro atoms. The Morgan fingerprint density at radius 1 is 1.07 bits per heavy atom. The maximum atomic E-state index is 12.4. The Labute approximate surface area is 166 Å². The van der Waals surface area contributed by atoms with Crippen molar-refractivity contribution in [1.82, 2.24) is 0 Å². The number of fused-ring (bicyclic) bond motifs is 1. The predicted octanol–water partition coefficient (Wildman–Crippen LogP) is 3.35. The van der Waals surface area contributed by atoms with Crippen molar-refractivity contribution in [3.8, 4) is 0 Å². The number of carbonyl (C=O) groups is 2. The second-order valence-electron chi connectivity index (χ2n) is 6.54. The Balaban J connectivity index is 2.10. The zero-order valence-corrected chi connectivity index (χ0v) is 16.0. The van der Waals surface area contributed by atoms with E-state index in [1.807, 2.05) is 6.07 Å². The van der Waals surface area contributed by atoms with Crippen molar-refractivity contribution in [1.29, 1.82) is 0 Å². The van der Waals surface area contributed by atoms with Crippen molar-refractivity contribution >= 4 is 39.8 Å². The van der Waals surface area contributed by atoms with E-state index in [0.717, 1.165) is 6.08 Å². The maximum absolute atomic E-state index is 12.4. The third-order valence-electron chi connectivity index (χ3n) is 4.01. The van der Waals surface area contributed by atoms with E-state index in [9.17, 15) is 14.4 Å². The lowest BCUT2D eigenvalue weighted by molar-refractivity contribution is -0.154. The lowest BCUT2D eigenvalue weighted by Gasteiger charge is -2.15. The molecule has 0 atom stereocenters. The Morgan fingerprint density at radius 3 is 2.41 bits per heavy atom. The number of nitrogens with one attached hydrogen (secondary N) is 1. The summed E-state index contributed by atoms with van der Waals surface area (Å²) in [4.78, 5) is 36.5. The summed E-state index contributed by atoms with van der Waals surface area (Å²) in [6.07, 6.45) is 0.703. The molecule has 0 radical (unpaired) electrons. The molecule has 148 valence electrons. The van der Waals surface area contributed by atoms with Gasteiger partial charge in [-0.15, -0.1) is 0 Å². The summed E-state index contributed by atoms with van der Waals surface area (Å²) >= 11 is 0. The van der Waals surface area contributed by atoms with Crippen LogP contribution in [0, 0.1) is 0 Å². The number of esters is 1. The van der Waals surface area contributed by atoms with Crippen molar-refractivity contribution in [3.63, 3.8) is 0 Å². The number of carbonyl (C=O) groups excluding carboxylic acids is 2. The lowest BCUT2D eigenvalue weighted by Crippen LogP contribution is -2.20. The van der Waals surface area contributed by atoms with Crippen LogP contribution in [-0.4, -0.2) is 17.9 Å². The van der Waals surface area contributed by atoms with Crippen LogP contribution in [0.2, 0.25) is 0 Å². The highest BCUT2D eigenvalue weighted by Gasteiger charge is 2.18. The molecule has 0 aliphatic heterocycles. The minimum Gasteiger partial charge on any atom is -0.457 e. The summed E-state index contributed by atoms with van der Waals surface area (Å²) < 4.78 is 10.2. The van der Waals surface area contributed by atoms with Crippen LogP contribution in [0.25, 0.3) is 16.7 Å². The van der Waals surface area contributed by atoms with Gasteiger partial charge in [0.05, 0.1) is 17.5 Å². The average molecular weight is 392 g/mol. The predicted molar refractivity (Wildman–Crippen MR) is 111 cm³/mol. The molecule has 0 bridgehead atoms. The maximum Gasteiger partial charge on any atom is 0.379 e. The average Bonchev–Trinajstić information content (AvgIpc) is 2.70. The monoisotopic (exact) mass is 392 g/mol. The van der Waals surface area contributed by atoms with E-state index in [-0.39, 0.29) is 11.4 Å². The molecular weight excluding hydrogens is 372 g/mol. The molecule has 0 saturated carbocycles. The minimum absolute atomic E-state index is 0.136. The summed E-state index contributed by atoms with van der Waals surface area (Å²) in [5.41, 5.74) is 6.66. The summed E-state index contributed by atoms with van der Waals surface area (Å²) in [6.45, 7) is 3.31. The van der Waals surface area contributed by atoms with Crippen LogP contribution in [0.4, 0.5) is 11.4 Å². The van der Waals surface area contributed by atoms with Gasteiger partial charge in [-0.3, -0.25) is 4.79 Å². The highest BCUT2D eigenvalue weighted by Crippen LogP contribution is 2.30. The molecule has 0 amide bonds. The molecule has 0 saturated heterocycles. The number of nitrogen functional groups attached to an aromatic ring is 1. The molecule has 0 aliphatic rings. The Kier molecular flexibility index (Phi) is 5.78. The number of ether oxygens (including phenoxy) is 1. The van der Waals surface area contributed by atoms with E-state index in [1.54, 1.807) is 62.4 Å². The Bertz CT molecular complexity index is 1150. The first-order chi connectivity index (χ1) is 13.9. The first kappa shape index (κ1) is 19.9. The normalized spacial score (nSPS) is 11.5. The molecule has 3 rings (SSSR count). The quantitative estimate of drug-likeness (QED) is 0.286. The molecule has 7 nitrogen and oxygen atoms in total. The van der Waals surface area contributed by atoms with Gasteiger partial charge in [0.1, 0.15) is 11.3 Å². The van der Waals surface area contributed by atoms with Crippen LogP contribution in [0.5, 0.6) is 0 Å². The van der Waals surface area contributed by atoms with Gasteiger partial charge in [0.2, 0.25) is 0 Å². The summed E-state index contributed by atoms with van der Waals surface area (Å²) in [6, 6.07) is 15.7. The van der Waals surface area contributed by atoms with E-state index in [1.165, 1.54) is 0 Å². The molecular formula is C22H20N2O5. The fraction of sp³-hybridized carbons (Fsp3) is 0.136. The van der Waals surface area contributed by atoms with Crippen LogP contribution >= 0.6 is 0 Å². The molecule has 2 aromatic carbocycles. The first-order valence-corrected chi connectivity index (χ1v) is 8.97. The van der Waals surface area contributed by atoms with E-state index < -0.39 is 23.5 Å². The van der Waals surface area contributed by atoms with Gasteiger partial charge in [0.15, 0.2) is 0 Å². The topological polar surface area (TPSA) is 112 Å². The molecule has 0 fully saturated rings. The smallest absolute Gasteiger partial charge is 0.379 e. The summed E-state index contributed by atoms with van der Waals surface area (Å²) in [5, 5.41) is 3.59. The first-order valence-electron chi connectivity index (χ1n) is 8.97. The Morgan fingerprint density at radius 2 is 1.72 bits per heavy atom. The second-order valence-corrected chi connectivity index (χ2v) is 6.54. The van der Waals surface area contributed by atoms with Gasteiger partial charge in [-0.2, -0.15) is 0 Å². The molecule has 3 N–H and O–H groups in total. The number of ketones is 1.